The van der Waals surface area contributed by atoms with Gasteiger partial charge in [0.2, 0.25) is 0 Å². The Hall–Kier alpha value is -2.10. The molecule has 7 nitrogen and oxygen atoms in total. The van der Waals surface area contributed by atoms with Crippen molar-refractivity contribution in [3.63, 3.8) is 0 Å². The van der Waals surface area contributed by atoms with Crippen LogP contribution in [-0.4, -0.2) is 52.0 Å². The summed E-state index contributed by atoms with van der Waals surface area (Å²) in [5.74, 6) is 1.51. The maximum absolute atomic E-state index is 12.2. The molecule has 0 aliphatic carbocycles. The summed E-state index contributed by atoms with van der Waals surface area (Å²) in [6.07, 6.45) is -0.0424. The van der Waals surface area contributed by atoms with Gasteiger partial charge >= 0.3 is 0 Å². The van der Waals surface area contributed by atoms with Crippen molar-refractivity contribution in [1.82, 2.24) is 14.9 Å². The highest BCUT2D eigenvalue weighted by molar-refractivity contribution is 7.91. The molecule has 0 aliphatic rings. The van der Waals surface area contributed by atoms with Gasteiger partial charge in [-0.1, -0.05) is 12.1 Å². The fourth-order valence-corrected chi connectivity index (χ4v) is 4.91. The molecule has 29 heavy (non-hydrogen) atoms. The molecule has 2 rings (SSSR count). The molecule has 0 radical (unpaired) electrons. The third-order valence-corrected chi connectivity index (χ3v) is 7.35. The summed E-state index contributed by atoms with van der Waals surface area (Å²) >= 11 is 1.24. The first-order valence-electron chi connectivity index (χ1n) is 9.49. The molecule has 0 spiro atoms. The van der Waals surface area contributed by atoms with Crippen LogP contribution >= 0.6 is 11.3 Å². The summed E-state index contributed by atoms with van der Waals surface area (Å²) < 4.78 is 31.9. The molecule has 0 fully saturated rings. The highest BCUT2D eigenvalue weighted by Gasteiger charge is 2.19. The average Bonchev–Trinajstić information content (AvgIpc) is 3.13. The van der Waals surface area contributed by atoms with Crippen molar-refractivity contribution in [2.45, 2.75) is 37.6 Å². The first-order valence-corrected chi connectivity index (χ1v) is 11.7. The fraction of sp³-hybridized carbons (Fsp3) is 0.450. The van der Waals surface area contributed by atoms with Gasteiger partial charge in [0.1, 0.15) is 16.1 Å². The zero-order valence-electron chi connectivity index (χ0n) is 17.6. The van der Waals surface area contributed by atoms with Gasteiger partial charge in [-0.2, -0.15) is 0 Å². The molecule has 1 atom stereocenters. The molecule has 1 aromatic carbocycles. The quantitative estimate of drug-likeness (QED) is 0.465. The number of benzene rings is 1. The van der Waals surface area contributed by atoms with Gasteiger partial charge in [0.15, 0.2) is 5.96 Å². The smallest absolute Gasteiger partial charge is 0.252 e. The highest BCUT2D eigenvalue weighted by atomic mass is 32.2. The standard InChI is InChI=1S/C20H30N4O3S2/c1-6-21-20(22-13-16(3)27-17-9-7-8-15(2)12-17)23-14-18-10-11-19(28-18)29(25,26)24(4)5/h7-12,16H,6,13-14H2,1-5H3,(H2,21,22,23). The summed E-state index contributed by atoms with van der Waals surface area (Å²) in [6.45, 7) is 7.74. The lowest BCUT2D eigenvalue weighted by Crippen LogP contribution is -2.41. The second kappa shape index (κ2) is 10.6. The number of nitrogens with zero attached hydrogens (tertiary/aromatic N) is 2. The zero-order valence-corrected chi connectivity index (χ0v) is 19.2. The Bertz CT molecular complexity index is 923. The van der Waals surface area contributed by atoms with Crippen LogP contribution in [0.1, 0.15) is 24.3 Å². The molecule has 0 saturated heterocycles. The molecular weight excluding hydrogens is 408 g/mol. The van der Waals surface area contributed by atoms with Crippen LogP contribution in [0.2, 0.25) is 0 Å². The average molecular weight is 439 g/mol. The second-order valence-corrected chi connectivity index (χ2v) is 10.4. The molecule has 1 unspecified atom stereocenters. The van der Waals surface area contributed by atoms with Gasteiger partial charge in [0.05, 0.1) is 13.1 Å². The highest BCUT2D eigenvalue weighted by Crippen LogP contribution is 2.24. The van der Waals surface area contributed by atoms with Crippen molar-refractivity contribution in [3.05, 3.63) is 46.8 Å². The fourth-order valence-electron chi connectivity index (χ4n) is 2.46. The van der Waals surface area contributed by atoms with Crippen molar-refractivity contribution in [3.8, 4) is 5.75 Å². The molecule has 1 heterocycles. The summed E-state index contributed by atoms with van der Waals surface area (Å²) in [5, 5.41) is 6.47. The van der Waals surface area contributed by atoms with Crippen LogP contribution < -0.4 is 15.4 Å². The Morgan fingerprint density at radius 3 is 2.66 bits per heavy atom. The van der Waals surface area contributed by atoms with Gasteiger partial charge in [0, 0.05) is 25.5 Å². The van der Waals surface area contributed by atoms with Crippen LogP contribution in [0.5, 0.6) is 5.75 Å². The molecule has 1 aromatic heterocycles. The van der Waals surface area contributed by atoms with Crippen molar-refractivity contribution < 1.29 is 13.2 Å². The zero-order chi connectivity index (χ0) is 21.4. The number of hydrogen-bond acceptors (Lipinski definition) is 5. The van der Waals surface area contributed by atoms with E-state index in [4.69, 9.17) is 4.74 Å². The van der Waals surface area contributed by atoms with Gasteiger partial charge < -0.3 is 15.4 Å². The van der Waals surface area contributed by atoms with Gasteiger partial charge in [-0.3, -0.25) is 0 Å². The molecular formula is C20H30N4O3S2. The minimum absolute atomic E-state index is 0.0424. The van der Waals surface area contributed by atoms with Gasteiger partial charge in [-0.25, -0.2) is 17.7 Å². The molecule has 9 heteroatoms. The Kier molecular flexibility index (Phi) is 8.48. The first kappa shape index (κ1) is 23.2. The van der Waals surface area contributed by atoms with Crippen LogP contribution in [0, 0.1) is 6.92 Å². The van der Waals surface area contributed by atoms with E-state index in [1.165, 1.54) is 29.7 Å². The number of hydrogen-bond donors (Lipinski definition) is 2. The summed E-state index contributed by atoms with van der Waals surface area (Å²) in [4.78, 5) is 5.44. The Morgan fingerprint density at radius 1 is 1.24 bits per heavy atom. The number of nitrogens with one attached hydrogen (secondary N) is 2. The van der Waals surface area contributed by atoms with Crippen LogP contribution in [0.3, 0.4) is 0 Å². The Labute approximate surface area is 177 Å². The van der Waals surface area contributed by atoms with Crippen LogP contribution in [0.25, 0.3) is 0 Å². The van der Waals surface area contributed by atoms with E-state index in [-0.39, 0.29) is 6.10 Å². The minimum Gasteiger partial charge on any atom is -0.489 e. The van der Waals surface area contributed by atoms with Gasteiger partial charge in [0.25, 0.3) is 10.0 Å². The minimum atomic E-state index is -3.40. The lowest BCUT2D eigenvalue weighted by molar-refractivity contribution is 0.223. The SMILES string of the molecule is CCNC(=NCc1ccc(S(=O)(=O)N(C)C)s1)NCC(C)Oc1cccc(C)c1. The lowest BCUT2D eigenvalue weighted by atomic mass is 10.2. The summed E-state index contributed by atoms with van der Waals surface area (Å²) in [5.41, 5.74) is 1.16. The van der Waals surface area contributed by atoms with E-state index >= 15 is 0 Å². The van der Waals surface area contributed by atoms with E-state index < -0.39 is 10.0 Å². The van der Waals surface area contributed by atoms with Crippen molar-refractivity contribution in [2.24, 2.45) is 4.99 Å². The first-order chi connectivity index (χ1) is 13.7. The summed E-state index contributed by atoms with van der Waals surface area (Å²) in [7, 11) is -0.348. The number of ether oxygens (including phenoxy) is 1. The van der Waals surface area contributed by atoms with E-state index in [9.17, 15) is 8.42 Å². The number of aliphatic imine (C=N–C) groups is 1. The van der Waals surface area contributed by atoms with E-state index in [0.29, 0.717) is 23.3 Å². The third-order valence-electron chi connectivity index (χ3n) is 3.99. The van der Waals surface area contributed by atoms with Crippen molar-refractivity contribution in [2.75, 3.05) is 27.2 Å². The monoisotopic (exact) mass is 438 g/mol. The maximum atomic E-state index is 12.2. The molecule has 0 bridgehead atoms. The second-order valence-electron chi connectivity index (χ2n) is 6.83. The topological polar surface area (TPSA) is 83.0 Å². The number of thiophene rings is 1. The summed E-state index contributed by atoms with van der Waals surface area (Å²) in [6, 6.07) is 11.4. The van der Waals surface area contributed by atoms with E-state index in [2.05, 4.69) is 15.6 Å². The van der Waals surface area contributed by atoms with Crippen LogP contribution in [-0.2, 0) is 16.6 Å². The number of aryl methyl sites for hydroxylation is 1. The number of guanidine groups is 1. The van der Waals surface area contributed by atoms with Crippen LogP contribution in [0.4, 0.5) is 0 Å². The van der Waals surface area contributed by atoms with Crippen molar-refractivity contribution >= 4 is 27.3 Å². The lowest BCUT2D eigenvalue weighted by Gasteiger charge is -2.18. The Morgan fingerprint density at radius 2 is 2.00 bits per heavy atom. The molecule has 0 saturated carbocycles. The largest absolute Gasteiger partial charge is 0.489 e. The predicted octanol–water partition coefficient (Wildman–Crippen LogP) is 2.83. The van der Waals surface area contributed by atoms with Gasteiger partial charge in [-0.05, 0) is 50.6 Å². The predicted molar refractivity (Wildman–Crippen MR) is 119 cm³/mol. The van der Waals surface area contributed by atoms with E-state index in [0.717, 1.165) is 22.7 Å². The molecule has 0 aliphatic heterocycles. The van der Waals surface area contributed by atoms with Crippen LogP contribution in [0.15, 0.2) is 45.6 Å². The maximum Gasteiger partial charge on any atom is 0.252 e. The van der Waals surface area contributed by atoms with E-state index in [1.807, 2.05) is 45.0 Å². The van der Waals surface area contributed by atoms with Crippen molar-refractivity contribution in [1.29, 1.82) is 0 Å². The normalized spacial score (nSPS) is 13.4. The molecule has 2 N–H and O–H groups in total. The molecule has 0 amide bonds. The van der Waals surface area contributed by atoms with E-state index in [1.54, 1.807) is 12.1 Å². The number of sulfonamides is 1. The number of rotatable bonds is 9. The molecule has 2 aromatic rings. The van der Waals surface area contributed by atoms with Gasteiger partial charge in [-0.15, -0.1) is 11.3 Å². The molecule has 160 valence electrons. The third kappa shape index (κ3) is 7.02. The Balaban J connectivity index is 1.95.